The second-order valence-electron chi connectivity index (χ2n) is 5.48. The quantitative estimate of drug-likeness (QED) is 0.729. The van der Waals surface area contributed by atoms with Crippen LogP contribution in [0.2, 0.25) is 0 Å². The van der Waals surface area contributed by atoms with E-state index in [1.807, 2.05) is 32.0 Å². The summed E-state index contributed by atoms with van der Waals surface area (Å²) >= 11 is 5.14. The first-order chi connectivity index (χ1) is 11.5. The maximum atomic E-state index is 12.8. The molecule has 0 heterocycles. The Morgan fingerprint density at radius 3 is 2.29 bits per heavy atom. The number of aryl methyl sites for hydroxylation is 2. The predicted octanol–water partition coefficient (Wildman–Crippen LogP) is 3.05. The van der Waals surface area contributed by atoms with Gasteiger partial charge in [0.25, 0.3) is 0 Å². The molecule has 3 N–H and O–H groups in total. The monoisotopic (exact) mass is 345 g/mol. The lowest BCUT2D eigenvalue weighted by atomic mass is 10.1. The van der Waals surface area contributed by atoms with Crippen LogP contribution in [-0.2, 0) is 11.3 Å². The van der Waals surface area contributed by atoms with Crippen LogP contribution in [0.1, 0.15) is 16.7 Å². The average molecular weight is 345 g/mol. The van der Waals surface area contributed by atoms with Gasteiger partial charge in [0.1, 0.15) is 5.82 Å². The second-order valence-corrected chi connectivity index (χ2v) is 5.89. The third-order valence-electron chi connectivity index (χ3n) is 3.52. The molecule has 0 saturated heterocycles. The molecule has 2 rings (SSSR count). The number of halogens is 1. The minimum absolute atomic E-state index is 0.0724. The first kappa shape index (κ1) is 17.9. The van der Waals surface area contributed by atoms with Crippen LogP contribution >= 0.6 is 12.2 Å². The summed E-state index contributed by atoms with van der Waals surface area (Å²) in [7, 11) is 0. The Balaban J connectivity index is 1.77. The number of carbonyl (C=O) groups is 1. The SMILES string of the molecule is Cc1cccc(C)c1NC(=O)CNC(=S)NCc1ccc(F)cc1. The lowest BCUT2D eigenvalue weighted by molar-refractivity contribution is -0.115. The number of amides is 1. The van der Waals surface area contributed by atoms with Gasteiger partial charge in [-0.3, -0.25) is 4.79 Å². The molecular weight excluding hydrogens is 325 g/mol. The highest BCUT2D eigenvalue weighted by Crippen LogP contribution is 2.18. The standard InChI is InChI=1S/C18H20FN3OS/c1-12-4-3-5-13(2)17(12)22-16(23)11-21-18(24)20-10-14-6-8-15(19)9-7-14/h3-9H,10-11H2,1-2H3,(H,22,23)(H2,20,21,24). The van der Waals surface area contributed by atoms with Gasteiger partial charge in [0.15, 0.2) is 5.11 Å². The first-order valence-corrected chi connectivity index (χ1v) is 7.99. The maximum absolute atomic E-state index is 12.8. The zero-order valence-electron chi connectivity index (χ0n) is 13.7. The first-order valence-electron chi connectivity index (χ1n) is 7.58. The average Bonchev–Trinajstić information content (AvgIpc) is 2.56. The molecule has 4 nitrogen and oxygen atoms in total. The van der Waals surface area contributed by atoms with Gasteiger partial charge >= 0.3 is 0 Å². The van der Waals surface area contributed by atoms with Crippen LogP contribution in [0.4, 0.5) is 10.1 Å². The van der Waals surface area contributed by atoms with Crippen molar-refractivity contribution in [1.82, 2.24) is 10.6 Å². The van der Waals surface area contributed by atoms with E-state index in [9.17, 15) is 9.18 Å². The highest BCUT2D eigenvalue weighted by molar-refractivity contribution is 7.80. The lowest BCUT2D eigenvalue weighted by Gasteiger charge is -2.13. The molecule has 0 radical (unpaired) electrons. The molecule has 0 bridgehead atoms. The molecule has 6 heteroatoms. The van der Waals surface area contributed by atoms with Crippen LogP contribution in [0.15, 0.2) is 42.5 Å². The van der Waals surface area contributed by atoms with Crippen molar-refractivity contribution >= 4 is 28.9 Å². The Morgan fingerprint density at radius 2 is 1.67 bits per heavy atom. The Morgan fingerprint density at radius 1 is 1.04 bits per heavy atom. The molecule has 0 spiro atoms. The Bertz CT molecular complexity index is 711. The zero-order chi connectivity index (χ0) is 17.5. The van der Waals surface area contributed by atoms with Gasteiger partial charge in [-0.05, 0) is 54.9 Å². The summed E-state index contributed by atoms with van der Waals surface area (Å²) in [6.07, 6.45) is 0. The van der Waals surface area contributed by atoms with E-state index in [1.54, 1.807) is 12.1 Å². The summed E-state index contributed by atoms with van der Waals surface area (Å²) in [6, 6.07) is 12.0. The number of rotatable bonds is 5. The summed E-state index contributed by atoms with van der Waals surface area (Å²) in [5.41, 5.74) is 3.76. The highest BCUT2D eigenvalue weighted by Gasteiger charge is 2.07. The number of hydrogen-bond acceptors (Lipinski definition) is 2. The van der Waals surface area contributed by atoms with E-state index in [0.717, 1.165) is 22.4 Å². The van der Waals surface area contributed by atoms with Gasteiger partial charge in [-0.2, -0.15) is 0 Å². The van der Waals surface area contributed by atoms with Crippen molar-refractivity contribution in [3.8, 4) is 0 Å². The van der Waals surface area contributed by atoms with E-state index in [-0.39, 0.29) is 18.3 Å². The molecule has 0 fully saturated rings. The minimum atomic E-state index is -0.275. The molecule has 1 amide bonds. The van der Waals surface area contributed by atoms with E-state index in [1.165, 1.54) is 12.1 Å². The number of para-hydroxylation sites is 1. The van der Waals surface area contributed by atoms with Crippen molar-refractivity contribution in [2.75, 3.05) is 11.9 Å². The van der Waals surface area contributed by atoms with Crippen LogP contribution in [0.5, 0.6) is 0 Å². The Hall–Kier alpha value is -2.47. The fourth-order valence-corrected chi connectivity index (χ4v) is 2.35. The van der Waals surface area contributed by atoms with Crippen molar-refractivity contribution in [2.24, 2.45) is 0 Å². The number of nitrogens with one attached hydrogen (secondary N) is 3. The molecular formula is C18H20FN3OS. The molecule has 0 atom stereocenters. The fraction of sp³-hybridized carbons (Fsp3) is 0.222. The molecule has 126 valence electrons. The summed E-state index contributed by atoms with van der Waals surface area (Å²) in [6.45, 7) is 4.43. The van der Waals surface area contributed by atoms with Crippen LogP contribution in [0, 0.1) is 19.7 Å². The molecule has 0 aliphatic carbocycles. The van der Waals surface area contributed by atoms with Crippen molar-refractivity contribution in [2.45, 2.75) is 20.4 Å². The van der Waals surface area contributed by atoms with Gasteiger partial charge in [-0.25, -0.2) is 4.39 Å². The maximum Gasteiger partial charge on any atom is 0.243 e. The molecule has 0 unspecified atom stereocenters. The van der Waals surface area contributed by atoms with Crippen molar-refractivity contribution in [3.63, 3.8) is 0 Å². The van der Waals surface area contributed by atoms with Gasteiger partial charge in [-0.15, -0.1) is 0 Å². The molecule has 2 aromatic carbocycles. The number of benzene rings is 2. The van der Waals surface area contributed by atoms with Crippen molar-refractivity contribution < 1.29 is 9.18 Å². The summed E-state index contributed by atoms with van der Waals surface area (Å²) < 4.78 is 12.8. The Kier molecular flexibility index (Phi) is 6.26. The largest absolute Gasteiger partial charge is 0.359 e. The number of carbonyl (C=O) groups excluding carboxylic acids is 1. The van der Waals surface area contributed by atoms with E-state index < -0.39 is 0 Å². The fourth-order valence-electron chi connectivity index (χ4n) is 2.20. The normalized spacial score (nSPS) is 10.1. The third kappa shape index (κ3) is 5.31. The molecule has 0 aliphatic heterocycles. The van der Waals surface area contributed by atoms with Crippen molar-refractivity contribution in [3.05, 3.63) is 65.0 Å². The highest BCUT2D eigenvalue weighted by atomic mass is 32.1. The molecule has 0 aliphatic rings. The number of hydrogen-bond donors (Lipinski definition) is 3. The molecule has 2 aromatic rings. The number of thiocarbonyl (C=S) groups is 1. The van der Waals surface area contributed by atoms with Crippen LogP contribution in [-0.4, -0.2) is 17.6 Å². The topological polar surface area (TPSA) is 53.2 Å². The summed E-state index contributed by atoms with van der Waals surface area (Å²) in [5, 5.41) is 9.09. The molecule has 0 aromatic heterocycles. The lowest BCUT2D eigenvalue weighted by Crippen LogP contribution is -2.39. The van der Waals surface area contributed by atoms with Gasteiger partial charge in [0, 0.05) is 12.2 Å². The molecule has 0 saturated carbocycles. The zero-order valence-corrected chi connectivity index (χ0v) is 14.5. The number of anilines is 1. The predicted molar refractivity (Wildman–Crippen MR) is 98.4 cm³/mol. The van der Waals surface area contributed by atoms with Gasteiger partial charge in [0.05, 0.1) is 6.54 Å². The van der Waals surface area contributed by atoms with E-state index >= 15 is 0 Å². The van der Waals surface area contributed by atoms with Crippen LogP contribution in [0.25, 0.3) is 0 Å². The summed E-state index contributed by atoms with van der Waals surface area (Å²) in [5.74, 6) is -0.444. The second kappa shape index (κ2) is 8.40. The van der Waals surface area contributed by atoms with Crippen molar-refractivity contribution in [1.29, 1.82) is 0 Å². The molecule has 24 heavy (non-hydrogen) atoms. The van der Waals surface area contributed by atoms with Gasteiger partial charge in [-0.1, -0.05) is 30.3 Å². The van der Waals surface area contributed by atoms with E-state index in [0.29, 0.717) is 11.7 Å². The minimum Gasteiger partial charge on any atom is -0.359 e. The van der Waals surface area contributed by atoms with Gasteiger partial charge < -0.3 is 16.0 Å². The van der Waals surface area contributed by atoms with E-state index in [4.69, 9.17) is 12.2 Å². The summed E-state index contributed by atoms with van der Waals surface area (Å²) in [4.78, 5) is 12.0. The smallest absolute Gasteiger partial charge is 0.243 e. The van der Waals surface area contributed by atoms with Gasteiger partial charge in [0.2, 0.25) is 5.91 Å². The van der Waals surface area contributed by atoms with Crippen LogP contribution in [0.3, 0.4) is 0 Å². The van der Waals surface area contributed by atoms with Crippen LogP contribution < -0.4 is 16.0 Å². The third-order valence-corrected chi connectivity index (χ3v) is 3.81. The van der Waals surface area contributed by atoms with E-state index in [2.05, 4.69) is 16.0 Å². The Labute approximate surface area is 146 Å².